The van der Waals surface area contributed by atoms with E-state index in [1.807, 2.05) is 0 Å². The van der Waals surface area contributed by atoms with Crippen LogP contribution in [0.2, 0.25) is 0 Å². The van der Waals surface area contributed by atoms with Crippen molar-refractivity contribution in [3.8, 4) is 5.75 Å². The van der Waals surface area contributed by atoms with Crippen molar-refractivity contribution in [1.29, 1.82) is 0 Å². The largest absolute Gasteiger partial charge is 0.573 e. The fourth-order valence-electron chi connectivity index (χ4n) is 3.36. The number of nitrogens with one attached hydrogen (secondary N) is 1. The average molecular weight is 421 g/mol. The lowest BCUT2D eigenvalue weighted by Crippen LogP contribution is -2.31. The molecule has 2 aromatic carbocycles. The van der Waals surface area contributed by atoms with Crippen molar-refractivity contribution < 1.29 is 27.5 Å². The minimum absolute atomic E-state index is 0.00934. The smallest absolute Gasteiger partial charge is 0.405 e. The third kappa shape index (κ3) is 5.73. The molecule has 0 aromatic heterocycles. The van der Waals surface area contributed by atoms with Crippen molar-refractivity contribution in [2.24, 2.45) is 0 Å². The number of ether oxygens (including phenoxy) is 1. The van der Waals surface area contributed by atoms with Gasteiger partial charge >= 0.3 is 6.36 Å². The molecule has 0 spiro atoms. The molecule has 0 saturated carbocycles. The van der Waals surface area contributed by atoms with Gasteiger partial charge in [0.05, 0.1) is 17.9 Å². The molecule has 1 aliphatic heterocycles. The number of carbonyl (C=O) groups excluding carboxylic acids is 2. The van der Waals surface area contributed by atoms with Crippen LogP contribution in [0.1, 0.15) is 18.4 Å². The van der Waals surface area contributed by atoms with Crippen molar-refractivity contribution >= 4 is 23.2 Å². The van der Waals surface area contributed by atoms with Gasteiger partial charge in [-0.3, -0.25) is 14.5 Å². The lowest BCUT2D eigenvalue weighted by atomic mass is 10.2. The predicted molar refractivity (Wildman–Crippen MR) is 106 cm³/mol. The number of alkyl halides is 3. The van der Waals surface area contributed by atoms with Crippen molar-refractivity contribution in [3.05, 3.63) is 54.1 Å². The Kier molecular flexibility index (Phi) is 6.61. The van der Waals surface area contributed by atoms with Crippen LogP contribution in [-0.2, 0) is 16.1 Å². The summed E-state index contributed by atoms with van der Waals surface area (Å²) in [5.41, 5.74) is 1.47. The summed E-state index contributed by atoms with van der Waals surface area (Å²) in [6, 6.07) is 12.8. The van der Waals surface area contributed by atoms with E-state index < -0.39 is 6.36 Å². The van der Waals surface area contributed by atoms with Gasteiger partial charge in [-0.1, -0.05) is 30.3 Å². The molecule has 1 aliphatic rings. The number of para-hydroxylation sites is 3. The Balaban J connectivity index is 1.63. The first kappa shape index (κ1) is 21.6. The lowest BCUT2D eigenvalue weighted by molar-refractivity contribution is -0.275. The molecule has 6 nitrogen and oxygen atoms in total. The van der Waals surface area contributed by atoms with Gasteiger partial charge in [0.25, 0.3) is 0 Å². The quantitative estimate of drug-likeness (QED) is 0.739. The number of nitrogens with zero attached hydrogens (tertiary/aromatic N) is 2. The van der Waals surface area contributed by atoms with E-state index in [0.29, 0.717) is 29.9 Å². The fraction of sp³-hybridized carbons (Fsp3) is 0.333. The number of benzene rings is 2. The number of carbonyl (C=O) groups is 2. The van der Waals surface area contributed by atoms with Gasteiger partial charge in [-0.2, -0.15) is 0 Å². The summed E-state index contributed by atoms with van der Waals surface area (Å²) in [6.45, 7) is 0.635. The zero-order valence-corrected chi connectivity index (χ0v) is 16.4. The summed E-state index contributed by atoms with van der Waals surface area (Å²) >= 11 is 0. The van der Waals surface area contributed by atoms with Crippen molar-refractivity contribution in [1.82, 2.24) is 4.90 Å². The number of hydrogen-bond donors (Lipinski definition) is 1. The zero-order chi connectivity index (χ0) is 21.7. The maximum atomic E-state index is 12.6. The SMILES string of the molecule is CN(CC(=O)Nc1ccccc1N1CCCC1=O)Cc1ccccc1OC(F)(F)F. The highest BCUT2D eigenvalue weighted by Gasteiger charge is 2.32. The third-order valence-electron chi connectivity index (χ3n) is 4.59. The van der Waals surface area contributed by atoms with Gasteiger partial charge in [0.1, 0.15) is 5.75 Å². The Morgan fingerprint density at radius 2 is 1.87 bits per heavy atom. The fourth-order valence-corrected chi connectivity index (χ4v) is 3.36. The molecule has 30 heavy (non-hydrogen) atoms. The summed E-state index contributed by atoms with van der Waals surface area (Å²) in [5, 5.41) is 2.79. The Morgan fingerprint density at radius 1 is 1.17 bits per heavy atom. The standard InChI is InChI=1S/C21H22F3N3O3/c1-26(13-15-7-2-5-10-18(15)30-21(22,23)24)14-19(28)25-16-8-3-4-9-17(16)27-12-6-11-20(27)29/h2-5,7-10H,6,11-14H2,1H3,(H,25,28). The molecule has 1 heterocycles. The normalized spacial score (nSPS) is 14.3. The summed E-state index contributed by atoms with van der Waals surface area (Å²) in [6.07, 6.45) is -3.55. The number of hydrogen-bond acceptors (Lipinski definition) is 4. The highest BCUT2D eigenvalue weighted by atomic mass is 19.4. The van der Waals surface area contributed by atoms with Gasteiger partial charge in [0.2, 0.25) is 11.8 Å². The Labute approximate surface area is 172 Å². The molecule has 3 rings (SSSR count). The molecule has 0 atom stereocenters. The highest BCUT2D eigenvalue weighted by Crippen LogP contribution is 2.30. The molecule has 0 aliphatic carbocycles. The molecule has 2 aromatic rings. The summed E-state index contributed by atoms with van der Waals surface area (Å²) < 4.78 is 41.8. The number of halogens is 3. The minimum atomic E-state index is -4.79. The van der Waals surface area contributed by atoms with E-state index in [0.717, 1.165) is 6.42 Å². The van der Waals surface area contributed by atoms with Crippen LogP contribution < -0.4 is 15.0 Å². The second-order valence-corrected chi connectivity index (χ2v) is 7.04. The molecule has 1 N–H and O–H groups in total. The maximum Gasteiger partial charge on any atom is 0.573 e. The topological polar surface area (TPSA) is 61.9 Å². The van der Waals surface area contributed by atoms with Crippen LogP contribution in [0.3, 0.4) is 0 Å². The average Bonchev–Trinajstić information content (AvgIpc) is 3.08. The van der Waals surface area contributed by atoms with Gasteiger partial charge in [0.15, 0.2) is 0 Å². The van der Waals surface area contributed by atoms with Crippen molar-refractivity contribution in [2.75, 3.05) is 30.4 Å². The molecular weight excluding hydrogens is 399 g/mol. The molecule has 1 saturated heterocycles. The summed E-state index contributed by atoms with van der Waals surface area (Å²) in [7, 11) is 1.62. The van der Waals surface area contributed by atoms with Crippen LogP contribution >= 0.6 is 0 Å². The van der Waals surface area contributed by atoms with E-state index in [4.69, 9.17) is 0 Å². The second kappa shape index (κ2) is 9.17. The minimum Gasteiger partial charge on any atom is -0.405 e. The van der Waals surface area contributed by atoms with Gasteiger partial charge in [-0.05, 0) is 31.7 Å². The van der Waals surface area contributed by atoms with Crippen molar-refractivity contribution in [3.63, 3.8) is 0 Å². The molecule has 2 amide bonds. The molecule has 9 heteroatoms. The lowest BCUT2D eigenvalue weighted by Gasteiger charge is -2.22. The Hall–Kier alpha value is -3.07. The van der Waals surface area contributed by atoms with Gasteiger partial charge < -0.3 is 15.0 Å². The van der Waals surface area contributed by atoms with Crippen molar-refractivity contribution in [2.45, 2.75) is 25.7 Å². The molecule has 0 bridgehead atoms. The first-order valence-corrected chi connectivity index (χ1v) is 9.44. The van der Waals surface area contributed by atoms with E-state index in [9.17, 15) is 22.8 Å². The summed E-state index contributed by atoms with van der Waals surface area (Å²) in [5.74, 6) is -0.629. The second-order valence-electron chi connectivity index (χ2n) is 7.04. The highest BCUT2D eigenvalue weighted by molar-refractivity contribution is 6.02. The predicted octanol–water partition coefficient (Wildman–Crippen LogP) is 3.78. The first-order chi connectivity index (χ1) is 14.2. The van der Waals surface area contributed by atoms with E-state index in [1.54, 1.807) is 47.2 Å². The van der Waals surface area contributed by atoms with E-state index in [1.165, 1.54) is 18.2 Å². The maximum absolute atomic E-state index is 12.6. The zero-order valence-electron chi connectivity index (χ0n) is 16.4. The molecular formula is C21H22F3N3O3. The van der Waals surface area contributed by atoms with Crippen LogP contribution in [0.4, 0.5) is 24.5 Å². The Bertz CT molecular complexity index is 918. The van der Waals surface area contributed by atoms with E-state index in [-0.39, 0.29) is 30.7 Å². The van der Waals surface area contributed by atoms with Gasteiger partial charge in [-0.15, -0.1) is 13.2 Å². The Morgan fingerprint density at radius 3 is 2.57 bits per heavy atom. The van der Waals surface area contributed by atoms with Crippen LogP contribution in [0.25, 0.3) is 0 Å². The van der Waals surface area contributed by atoms with E-state index in [2.05, 4.69) is 10.1 Å². The van der Waals surface area contributed by atoms with E-state index >= 15 is 0 Å². The summed E-state index contributed by atoms with van der Waals surface area (Å²) in [4.78, 5) is 27.8. The third-order valence-corrected chi connectivity index (χ3v) is 4.59. The first-order valence-electron chi connectivity index (χ1n) is 9.44. The monoisotopic (exact) mass is 421 g/mol. The van der Waals surface area contributed by atoms with Crippen LogP contribution in [-0.4, -0.2) is 43.2 Å². The molecule has 160 valence electrons. The number of anilines is 2. The number of likely N-dealkylation sites (N-methyl/N-ethyl adjacent to an activating group) is 1. The van der Waals surface area contributed by atoms with Crippen LogP contribution in [0.15, 0.2) is 48.5 Å². The molecule has 1 fully saturated rings. The van der Waals surface area contributed by atoms with Crippen LogP contribution in [0.5, 0.6) is 5.75 Å². The number of rotatable bonds is 7. The molecule has 0 unspecified atom stereocenters. The van der Waals surface area contributed by atoms with Gasteiger partial charge in [-0.25, -0.2) is 0 Å². The van der Waals surface area contributed by atoms with Crippen LogP contribution in [0, 0.1) is 0 Å². The number of amides is 2. The molecule has 0 radical (unpaired) electrons. The van der Waals surface area contributed by atoms with Gasteiger partial charge in [0, 0.05) is 25.1 Å².